The zero-order valence-electron chi connectivity index (χ0n) is 19.0. The Balaban J connectivity index is 1.24. The summed E-state index contributed by atoms with van der Waals surface area (Å²) in [6, 6.07) is 0. The number of nitrogens with two attached hydrogens (primary N) is 1. The molecule has 0 amide bonds. The minimum absolute atomic E-state index is 0.0933. The molecule has 3 N–H and O–H groups in total. The minimum Gasteiger partial charge on any atom is -0.444 e. The lowest BCUT2D eigenvalue weighted by Gasteiger charge is -2.57. The number of rotatable bonds is 5. The molecule has 6 nitrogen and oxygen atoms in total. The topological polar surface area (TPSA) is 93.9 Å². The molecular weight excluding hydrogens is 390 g/mol. The van der Waals surface area contributed by atoms with Gasteiger partial charge in [-0.25, -0.2) is 4.98 Å². The first-order valence-electron chi connectivity index (χ1n) is 12.2. The summed E-state index contributed by atoms with van der Waals surface area (Å²) in [6.07, 6.45) is 13.8. The quantitative estimate of drug-likeness (QED) is 0.537. The highest BCUT2D eigenvalue weighted by Crippen LogP contribution is 2.65. The smallest absolute Gasteiger partial charge is 0.208 e. The van der Waals surface area contributed by atoms with Crippen LogP contribution < -0.4 is 5.73 Å². The van der Waals surface area contributed by atoms with Gasteiger partial charge in [-0.1, -0.05) is 24.6 Å². The van der Waals surface area contributed by atoms with Crippen molar-refractivity contribution in [3.8, 4) is 0 Å². The van der Waals surface area contributed by atoms with Crippen molar-refractivity contribution in [1.29, 1.82) is 0 Å². The second-order valence-electron chi connectivity index (χ2n) is 10.7. The van der Waals surface area contributed by atoms with Crippen molar-refractivity contribution in [3.05, 3.63) is 29.5 Å². The summed E-state index contributed by atoms with van der Waals surface area (Å²) >= 11 is 0. The molecule has 3 unspecified atom stereocenters. The number of oxime groups is 1. The van der Waals surface area contributed by atoms with Gasteiger partial charge in [0.1, 0.15) is 12.4 Å². The molecule has 0 saturated heterocycles. The van der Waals surface area contributed by atoms with Gasteiger partial charge < -0.3 is 20.1 Å². The van der Waals surface area contributed by atoms with Crippen LogP contribution in [0, 0.1) is 28.6 Å². The molecule has 1 heterocycles. The Morgan fingerprint density at radius 1 is 1.19 bits per heavy atom. The van der Waals surface area contributed by atoms with Gasteiger partial charge in [0, 0.05) is 6.42 Å². The monoisotopic (exact) mass is 427 g/mol. The maximum absolute atomic E-state index is 10.6. The number of aromatic nitrogens is 1. The molecule has 4 aliphatic rings. The molecule has 0 bridgehead atoms. The van der Waals surface area contributed by atoms with E-state index in [1.165, 1.54) is 32.1 Å². The predicted octanol–water partition coefficient (Wildman–Crippen LogP) is 4.37. The van der Waals surface area contributed by atoms with Crippen LogP contribution in [0.2, 0.25) is 0 Å². The van der Waals surface area contributed by atoms with Crippen molar-refractivity contribution < 1.29 is 14.4 Å². The Morgan fingerprint density at radius 3 is 2.87 bits per heavy atom. The second-order valence-corrected chi connectivity index (χ2v) is 10.7. The highest BCUT2D eigenvalue weighted by molar-refractivity contribution is 5.96. The van der Waals surface area contributed by atoms with Crippen molar-refractivity contribution in [2.45, 2.75) is 84.3 Å². The number of oxazole rings is 1. The van der Waals surface area contributed by atoms with Crippen molar-refractivity contribution in [2.24, 2.45) is 39.5 Å². The van der Waals surface area contributed by atoms with E-state index in [1.54, 1.807) is 11.8 Å². The first-order chi connectivity index (χ1) is 14.9. The summed E-state index contributed by atoms with van der Waals surface area (Å²) < 4.78 is 5.51. The van der Waals surface area contributed by atoms with E-state index in [1.807, 2.05) is 0 Å². The highest BCUT2D eigenvalue weighted by atomic mass is 16.6. The predicted molar refractivity (Wildman–Crippen MR) is 119 cm³/mol. The summed E-state index contributed by atoms with van der Waals surface area (Å²) in [6.45, 7) is 5.66. The number of aliphatic hydroxyl groups is 1. The Bertz CT molecular complexity index is 877. The lowest BCUT2D eigenvalue weighted by atomic mass is 9.47. The third-order valence-electron chi connectivity index (χ3n) is 9.32. The van der Waals surface area contributed by atoms with E-state index >= 15 is 0 Å². The molecule has 1 aromatic rings. The molecule has 1 aromatic heterocycles. The van der Waals surface area contributed by atoms with Crippen LogP contribution in [0.25, 0.3) is 0 Å². The molecule has 5 rings (SSSR count). The first-order valence-corrected chi connectivity index (χ1v) is 12.2. The third kappa shape index (κ3) is 3.56. The lowest BCUT2D eigenvalue weighted by molar-refractivity contribution is -0.0722. The van der Waals surface area contributed by atoms with Crippen molar-refractivity contribution in [1.82, 2.24) is 4.98 Å². The van der Waals surface area contributed by atoms with Crippen LogP contribution in [0.1, 0.15) is 76.9 Å². The fraction of sp³-hybridized carbons (Fsp3) is 0.760. The van der Waals surface area contributed by atoms with E-state index < -0.39 is 0 Å². The van der Waals surface area contributed by atoms with Gasteiger partial charge in [0.25, 0.3) is 0 Å². The van der Waals surface area contributed by atoms with Crippen LogP contribution in [-0.4, -0.2) is 28.5 Å². The number of aliphatic hydroxyl groups excluding tert-OH is 1. The zero-order valence-corrected chi connectivity index (χ0v) is 19.0. The van der Waals surface area contributed by atoms with E-state index in [-0.39, 0.29) is 16.9 Å². The maximum Gasteiger partial charge on any atom is 0.208 e. The fourth-order valence-electron chi connectivity index (χ4n) is 7.45. The van der Waals surface area contributed by atoms with Gasteiger partial charge in [-0.3, -0.25) is 0 Å². The summed E-state index contributed by atoms with van der Waals surface area (Å²) in [7, 11) is 0. The molecular formula is C25H37N3O3. The molecule has 0 aliphatic heterocycles. The van der Waals surface area contributed by atoms with Gasteiger partial charge in [-0.2, -0.15) is 0 Å². The van der Waals surface area contributed by atoms with E-state index in [0.29, 0.717) is 31.4 Å². The molecule has 31 heavy (non-hydrogen) atoms. The Labute approximate surface area is 185 Å². The summed E-state index contributed by atoms with van der Waals surface area (Å²) in [4.78, 5) is 9.73. The van der Waals surface area contributed by atoms with Crippen molar-refractivity contribution in [3.63, 3.8) is 0 Å². The standard InChI is InChI=1S/C25H37N3O3/c1-24-10-7-17(28-30-12-9-18-15-27-23(14-26)31-18)13-16(24)3-4-19-20-5-6-22(29)25(20,2)11-8-21(19)24/h13,15,19-22,29H,3-12,14,26H2,1-2H3/b28-17-/t19?,20?,21?,22-,24-,25-/m0/s1. The lowest BCUT2D eigenvalue weighted by Crippen LogP contribution is -2.51. The van der Waals surface area contributed by atoms with Crippen LogP contribution in [0.4, 0.5) is 0 Å². The second kappa shape index (κ2) is 8.04. The average molecular weight is 428 g/mol. The van der Waals surface area contributed by atoms with Crippen LogP contribution in [0.5, 0.6) is 0 Å². The van der Waals surface area contributed by atoms with Gasteiger partial charge in [-0.15, -0.1) is 0 Å². The fourth-order valence-corrected chi connectivity index (χ4v) is 7.45. The van der Waals surface area contributed by atoms with Crippen molar-refractivity contribution in [2.75, 3.05) is 6.61 Å². The summed E-state index contributed by atoms with van der Waals surface area (Å²) in [5, 5.41) is 15.1. The average Bonchev–Trinajstić information content (AvgIpc) is 3.35. The van der Waals surface area contributed by atoms with Gasteiger partial charge in [0.2, 0.25) is 5.89 Å². The molecule has 6 heteroatoms. The summed E-state index contributed by atoms with van der Waals surface area (Å²) in [5.41, 5.74) is 8.62. The van der Waals surface area contributed by atoms with E-state index in [2.05, 4.69) is 30.1 Å². The SMILES string of the molecule is C[C@]12CC/C(=N/OCCc3cnc(CN)o3)C=C1CCC1C2CC[C@@]2(C)C1CC[C@@H]2O. The van der Waals surface area contributed by atoms with Gasteiger partial charge >= 0.3 is 0 Å². The van der Waals surface area contributed by atoms with Crippen LogP contribution >= 0.6 is 0 Å². The summed E-state index contributed by atoms with van der Waals surface area (Å²) in [5.74, 6) is 3.57. The highest BCUT2D eigenvalue weighted by Gasteiger charge is 2.58. The van der Waals surface area contributed by atoms with Gasteiger partial charge in [-0.05, 0) is 86.0 Å². The van der Waals surface area contributed by atoms with Crippen LogP contribution in [0.3, 0.4) is 0 Å². The number of fused-ring (bicyclic) bond motifs is 5. The van der Waals surface area contributed by atoms with Crippen LogP contribution in [-0.2, 0) is 17.8 Å². The molecule has 170 valence electrons. The van der Waals surface area contributed by atoms with E-state index in [9.17, 15) is 5.11 Å². The Kier molecular flexibility index (Phi) is 5.50. The minimum atomic E-state index is -0.0933. The zero-order chi connectivity index (χ0) is 21.6. The number of allylic oxidation sites excluding steroid dienone is 2. The van der Waals surface area contributed by atoms with E-state index in [4.69, 9.17) is 15.0 Å². The Hall–Kier alpha value is -1.66. The number of hydrogen-bond acceptors (Lipinski definition) is 6. The molecule has 0 spiro atoms. The largest absolute Gasteiger partial charge is 0.444 e. The third-order valence-corrected chi connectivity index (χ3v) is 9.32. The number of nitrogens with zero attached hydrogens (tertiary/aromatic N) is 2. The molecule has 0 aromatic carbocycles. The molecule has 4 aliphatic carbocycles. The molecule has 0 radical (unpaired) electrons. The molecule has 3 fully saturated rings. The molecule has 6 atom stereocenters. The normalized spacial score (nSPS) is 40.8. The Morgan fingerprint density at radius 2 is 2.06 bits per heavy atom. The maximum atomic E-state index is 10.6. The first kappa shape index (κ1) is 21.2. The molecule has 3 saturated carbocycles. The van der Waals surface area contributed by atoms with Gasteiger partial charge in [0.05, 0.1) is 24.6 Å². The van der Waals surface area contributed by atoms with Gasteiger partial charge in [0.15, 0.2) is 0 Å². The van der Waals surface area contributed by atoms with E-state index in [0.717, 1.165) is 42.6 Å². The van der Waals surface area contributed by atoms with Crippen molar-refractivity contribution >= 4 is 5.71 Å². The number of hydrogen-bond donors (Lipinski definition) is 2. The van der Waals surface area contributed by atoms with Crippen LogP contribution in [0.15, 0.2) is 27.4 Å².